The molecule has 1 atom stereocenters. The molecule has 2 heterocycles. The molecule has 0 aromatic carbocycles. The zero-order valence-electron chi connectivity index (χ0n) is 10.1. The molecule has 0 saturated heterocycles. The molecule has 0 aliphatic rings. The average Bonchev–Trinajstić information content (AvgIpc) is 3.00. The summed E-state index contributed by atoms with van der Waals surface area (Å²) in [6.07, 6.45) is 0.902. The van der Waals surface area contributed by atoms with Crippen molar-refractivity contribution in [2.75, 3.05) is 6.54 Å². The number of nitrogens with zero attached hydrogens (tertiary/aromatic N) is 2. The zero-order chi connectivity index (χ0) is 13.0. The molecule has 1 unspecified atom stereocenters. The number of thioether (sulfide) groups is 1. The SMILES string of the molecule is CCCn1c(SC(CN)c2cccs2)n[nH]c1=O. The molecule has 18 heavy (non-hydrogen) atoms. The average molecular weight is 284 g/mol. The molecular formula is C11H16N4OS2. The van der Waals surface area contributed by atoms with Gasteiger partial charge in [-0.2, -0.15) is 0 Å². The van der Waals surface area contributed by atoms with Gasteiger partial charge >= 0.3 is 5.69 Å². The van der Waals surface area contributed by atoms with E-state index in [4.69, 9.17) is 5.73 Å². The second-order valence-electron chi connectivity index (χ2n) is 3.82. The Morgan fingerprint density at radius 1 is 1.67 bits per heavy atom. The van der Waals surface area contributed by atoms with Crippen LogP contribution < -0.4 is 11.4 Å². The third-order valence-electron chi connectivity index (χ3n) is 2.49. The first-order valence-corrected chi connectivity index (χ1v) is 7.57. The molecule has 5 nitrogen and oxygen atoms in total. The molecule has 2 aromatic rings. The van der Waals surface area contributed by atoms with Crippen molar-refractivity contribution in [3.8, 4) is 0 Å². The molecule has 3 N–H and O–H groups in total. The smallest absolute Gasteiger partial charge is 0.329 e. The largest absolute Gasteiger partial charge is 0.343 e. The molecule has 2 rings (SSSR count). The minimum absolute atomic E-state index is 0.149. The standard InChI is InChI=1S/C11H16N4OS2/c1-2-5-15-10(16)13-14-11(15)18-9(7-12)8-4-3-6-17-8/h3-4,6,9H,2,5,7,12H2,1H3,(H,13,16). The van der Waals surface area contributed by atoms with Crippen LogP contribution in [0, 0.1) is 0 Å². The zero-order valence-corrected chi connectivity index (χ0v) is 11.8. The van der Waals surface area contributed by atoms with Crippen molar-refractivity contribution < 1.29 is 0 Å². The van der Waals surface area contributed by atoms with Gasteiger partial charge in [-0.25, -0.2) is 9.89 Å². The van der Waals surface area contributed by atoms with Gasteiger partial charge in [-0.3, -0.25) is 4.57 Å². The van der Waals surface area contributed by atoms with Crippen LogP contribution in [0.25, 0.3) is 0 Å². The molecular weight excluding hydrogens is 268 g/mol. The molecule has 0 bridgehead atoms. The Bertz CT molecular complexity index is 531. The summed E-state index contributed by atoms with van der Waals surface area (Å²) in [5.74, 6) is 0. The monoisotopic (exact) mass is 284 g/mol. The van der Waals surface area contributed by atoms with Crippen molar-refractivity contribution in [3.63, 3.8) is 0 Å². The van der Waals surface area contributed by atoms with E-state index < -0.39 is 0 Å². The lowest BCUT2D eigenvalue weighted by molar-refractivity contribution is 0.603. The summed E-state index contributed by atoms with van der Waals surface area (Å²) in [6.45, 7) is 3.24. The number of H-pyrrole nitrogens is 1. The third kappa shape index (κ3) is 2.85. The highest BCUT2D eigenvalue weighted by Gasteiger charge is 2.17. The number of hydrogen-bond donors (Lipinski definition) is 2. The predicted molar refractivity (Wildman–Crippen MR) is 75.1 cm³/mol. The molecule has 0 aliphatic carbocycles. The van der Waals surface area contributed by atoms with Crippen molar-refractivity contribution in [2.45, 2.75) is 30.3 Å². The van der Waals surface area contributed by atoms with Crippen LogP contribution in [0.4, 0.5) is 0 Å². The summed E-state index contributed by atoms with van der Waals surface area (Å²) >= 11 is 3.21. The number of nitrogens with two attached hydrogens (primary N) is 1. The van der Waals surface area contributed by atoms with Gasteiger partial charge in [0.15, 0.2) is 5.16 Å². The Kier molecular flexibility index (Phi) is 4.62. The lowest BCUT2D eigenvalue weighted by atomic mass is 10.3. The van der Waals surface area contributed by atoms with Crippen molar-refractivity contribution in [2.24, 2.45) is 5.73 Å². The van der Waals surface area contributed by atoms with Crippen molar-refractivity contribution in [1.82, 2.24) is 14.8 Å². The Morgan fingerprint density at radius 2 is 2.50 bits per heavy atom. The van der Waals surface area contributed by atoms with E-state index in [0.29, 0.717) is 18.2 Å². The highest BCUT2D eigenvalue weighted by molar-refractivity contribution is 7.99. The maximum absolute atomic E-state index is 11.6. The fraction of sp³-hybridized carbons (Fsp3) is 0.455. The van der Waals surface area contributed by atoms with Crippen LogP contribution in [0.3, 0.4) is 0 Å². The van der Waals surface area contributed by atoms with E-state index in [1.807, 2.05) is 18.4 Å². The Hall–Kier alpha value is -1.05. The van der Waals surface area contributed by atoms with E-state index in [1.54, 1.807) is 15.9 Å². The molecule has 0 spiro atoms. The van der Waals surface area contributed by atoms with E-state index in [2.05, 4.69) is 16.3 Å². The van der Waals surface area contributed by atoms with E-state index in [0.717, 1.165) is 6.42 Å². The van der Waals surface area contributed by atoms with E-state index in [9.17, 15) is 4.79 Å². The topological polar surface area (TPSA) is 76.7 Å². The minimum atomic E-state index is -0.152. The Balaban J connectivity index is 2.20. The van der Waals surface area contributed by atoms with Gasteiger partial charge in [-0.05, 0) is 17.9 Å². The van der Waals surface area contributed by atoms with Crippen LogP contribution in [0.2, 0.25) is 0 Å². The number of hydrogen-bond acceptors (Lipinski definition) is 5. The number of rotatable bonds is 6. The number of aromatic nitrogens is 3. The Morgan fingerprint density at radius 3 is 3.11 bits per heavy atom. The molecule has 0 aliphatic heterocycles. The second kappa shape index (κ2) is 6.21. The molecule has 0 radical (unpaired) electrons. The number of aromatic amines is 1. The van der Waals surface area contributed by atoms with Crippen LogP contribution in [0.1, 0.15) is 23.5 Å². The first-order valence-electron chi connectivity index (χ1n) is 5.81. The number of nitrogens with one attached hydrogen (secondary N) is 1. The fourth-order valence-corrected chi connectivity index (χ4v) is 3.61. The molecule has 0 fully saturated rings. The van der Waals surface area contributed by atoms with Gasteiger partial charge in [0, 0.05) is 18.0 Å². The minimum Gasteiger partial charge on any atom is -0.329 e. The third-order valence-corrected chi connectivity index (χ3v) is 4.88. The van der Waals surface area contributed by atoms with E-state index >= 15 is 0 Å². The molecule has 2 aromatic heterocycles. The normalized spacial score (nSPS) is 12.8. The van der Waals surface area contributed by atoms with Gasteiger partial charge in [-0.1, -0.05) is 24.8 Å². The van der Waals surface area contributed by atoms with Crippen LogP contribution in [0.5, 0.6) is 0 Å². The van der Waals surface area contributed by atoms with Gasteiger partial charge in [0.05, 0.1) is 5.25 Å². The summed E-state index contributed by atoms with van der Waals surface area (Å²) in [6, 6.07) is 4.07. The predicted octanol–water partition coefficient (Wildman–Crippen LogP) is 1.83. The maximum atomic E-state index is 11.6. The first-order chi connectivity index (χ1) is 8.76. The Labute approximate surface area is 113 Å². The van der Waals surface area contributed by atoms with Crippen LogP contribution in [-0.2, 0) is 6.54 Å². The van der Waals surface area contributed by atoms with Crippen LogP contribution in [-0.4, -0.2) is 21.3 Å². The van der Waals surface area contributed by atoms with E-state index in [1.165, 1.54) is 16.6 Å². The summed E-state index contributed by atoms with van der Waals surface area (Å²) in [5.41, 5.74) is 5.65. The van der Waals surface area contributed by atoms with Gasteiger partial charge in [-0.15, -0.1) is 16.4 Å². The summed E-state index contributed by atoms with van der Waals surface area (Å²) in [5, 5.41) is 9.46. The van der Waals surface area contributed by atoms with Gasteiger partial charge in [0.25, 0.3) is 0 Å². The summed E-state index contributed by atoms with van der Waals surface area (Å²) < 4.78 is 1.67. The fourth-order valence-electron chi connectivity index (χ4n) is 1.64. The maximum Gasteiger partial charge on any atom is 0.343 e. The van der Waals surface area contributed by atoms with Gasteiger partial charge < -0.3 is 5.73 Å². The van der Waals surface area contributed by atoms with Gasteiger partial charge in [0.2, 0.25) is 0 Å². The van der Waals surface area contributed by atoms with Crippen molar-refractivity contribution >= 4 is 23.1 Å². The lowest BCUT2D eigenvalue weighted by Crippen LogP contribution is -2.18. The highest BCUT2D eigenvalue weighted by atomic mass is 32.2. The highest BCUT2D eigenvalue weighted by Crippen LogP contribution is 2.35. The molecule has 98 valence electrons. The van der Waals surface area contributed by atoms with Crippen LogP contribution in [0.15, 0.2) is 27.5 Å². The second-order valence-corrected chi connectivity index (χ2v) is 5.97. The van der Waals surface area contributed by atoms with Gasteiger partial charge in [0.1, 0.15) is 0 Å². The quantitative estimate of drug-likeness (QED) is 0.794. The van der Waals surface area contributed by atoms with Crippen molar-refractivity contribution in [1.29, 1.82) is 0 Å². The first kappa shape index (κ1) is 13.4. The summed E-state index contributed by atoms with van der Waals surface area (Å²) in [4.78, 5) is 12.8. The van der Waals surface area contributed by atoms with E-state index in [-0.39, 0.29) is 10.9 Å². The molecule has 7 heteroatoms. The molecule has 0 saturated carbocycles. The van der Waals surface area contributed by atoms with Crippen LogP contribution >= 0.6 is 23.1 Å². The van der Waals surface area contributed by atoms with Crippen molar-refractivity contribution in [3.05, 3.63) is 32.9 Å². The molecule has 0 amide bonds. The number of thiophene rings is 1. The summed E-state index contributed by atoms with van der Waals surface area (Å²) in [7, 11) is 0. The lowest BCUT2D eigenvalue weighted by Gasteiger charge is -2.12.